The van der Waals surface area contributed by atoms with Gasteiger partial charge in [-0.15, -0.1) is 0 Å². The number of rotatable bonds is 15. The number of amides is 1. The molecule has 1 aliphatic heterocycles. The number of halogens is 3. The maximum atomic E-state index is 14.0. The van der Waals surface area contributed by atoms with Crippen molar-refractivity contribution in [3.63, 3.8) is 0 Å². The second-order valence-electron chi connectivity index (χ2n) is 11.5. The van der Waals surface area contributed by atoms with E-state index >= 15 is 0 Å². The first kappa shape index (κ1) is 41.0. The summed E-state index contributed by atoms with van der Waals surface area (Å²) in [5, 5.41) is 34.2. The number of aliphatic carboxylic acids is 3. The Morgan fingerprint density at radius 3 is 2.12 bits per heavy atom. The number of alkyl halides is 3. The SMILES string of the molecule is CCCC[C@]1(CC)CS(=O)(=O)c2cc(CNC(=O)CNC(CC(=O)O)CC(=O)O)c(OC)cc2[C@@H](c2ccccc2)N1.O=C(O)C(F)(F)F. The molecule has 1 heterocycles. The highest BCUT2D eigenvalue weighted by molar-refractivity contribution is 7.91. The van der Waals surface area contributed by atoms with E-state index < -0.39 is 70.3 Å². The highest BCUT2D eigenvalue weighted by Gasteiger charge is 2.42. The molecule has 6 N–H and O–H groups in total. The highest BCUT2D eigenvalue weighted by atomic mass is 32.2. The fourth-order valence-electron chi connectivity index (χ4n) is 5.39. The van der Waals surface area contributed by atoms with Crippen molar-refractivity contribution in [2.75, 3.05) is 19.4 Å². The first-order valence-electron chi connectivity index (χ1n) is 15.4. The van der Waals surface area contributed by atoms with E-state index in [2.05, 4.69) is 22.9 Å². The Bertz CT molecular complexity index is 1560. The van der Waals surface area contributed by atoms with Crippen molar-refractivity contribution in [3.8, 4) is 5.75 Å². The molecule has 2 aromatic carbocycles. The van der Waals surface area contributed by atoms with Gasteiger partial charge in [0.25, 0.3) is 0 Å². The van der Waals surface area contributed by atoms with Crippen molar-refractivity contribution in [1.82, 2.24) is 16.0 Å². The van der Waals surface area contributed by atoms with E-state index in [4.69, 9.17) is 24.9 Å². The van der Waals surface area contributed by atoms with E-state index in [0.29, 0.717) is 29.7 Å². The number of hydrogen-bond acceptors (Lipinski definition) is 9. The second kappa shape index (κ2) is 18.0. The van der Waals surface area contributed by atoms with Gasteiger partial charge >= 0.3 is 24.1 Å². The average molecular weight is 718 g/mol. The molecule has 3 rings (SSSR count). The third-order valence-corrected chi connectivity index (χ3v) is 9.86. The van der Waals surface area contributed by atoms with Gasteiger partial charge in [0, 0.05) is 23.7 Å². The van der Waals surface area contributed by atoms with Crippen molar-refractivity contribution in [1.29, 1.82) is 0 Å². The quantitative estimate of drug-likeness (QED) is 0.156. The Balaban J connectivity index is 0.00000107. The third-order valence-electron chi connectivity index (χ3n) is 7.91. The van der Waals surface area contributed by atoms with Gasteiger partial charge in [0.1, 0.15) is 5.75 Å². The number of carboxylic acids is 3. The van der Waals surface area contributed by atoms with Crippen LogP contribution >= 0.6 is 0 Å². The molecule has 49 heavy (non-hydrogen) atoms. The Morgan fingerprint density at radius 2 is 1.63 bits per heavy atom. The lowest BCUT2D eigenvalue weighted by atomic mass is 9.88. The van der Waals surface area contributed by atoms with Crippen LogP contribution in [0.25, 0.3) is 0 Å². The van der Waals surface area contributed by atoms with Gasteiger partial charge in [0.2, 0.25) is 5.91 Å². The van der Waals surface area contributed by atoms with Gasteiger partial charge in [-0.1, -0.05) is 57.0 Å². The van der Waals surface area contributed by atoms with Crippen LogP contribution < -0.4 is 20.7 Å². The van der Waals surface area contributed by atoms with E-state index in [0.717, 1.165) is 18.4 Å². The Hall–Kier alpha value is -4.22. The topological polar surface area (TPSA) is 208 Å². The molecule has 1 aliphatic rings. The molecule has 0 saturated heterocycles. The van der Waals surface area contributed by atoms with Gasteiger partial charge < -0.3 is 30.7 Å². The molecular formula is C32H42F3N3O10S. The van der Waals surface area contributed by atoms with Crippen LogP contribution in [0.15, 0.2) is 47.4 Å². The molecule has 0 saturated carbocycles. The number of sulfone groups is 1. The van der Waals surface area contributed by atoms with E-state index in [1.807, 2.05) is 37.3 Å². The van der Waals surface area contributed by atoms with E-state index in [1.54, 1.807) is 12.1 Å². The van der Waals surface area contributed by atoms with Gasteiger partial charge in [-0.25, -0.2) is 13.2 Å². The lowest BCUT2D eigenvalue weighted by Gasteiger charge is -2.36. The second-order valence-corrected chi connectivity index (χ2v) is 13.5. The van der Waals surface area contributed by atoms with Gasteiger partial charge in [-0.05, 0) is 36.1 Å². The fraction of sp³-hybridized carbons (Fsp3) is 0.500. The fourth-order valence-corrected chi connectivity index (χ4v) is 7.56. The number of carbonyl (C=O) groups excluding carboxylic acids is 1. The summed E-state index contributed by atoms with van der Waals surface area (Å²) in [7, 11) is -2.28. The first-order chi connectivity index (χ1) is 22.9. The van der Waals surface area contributed by atoms with Crippen LogP contribution in [0.4, 0.5) is 13.2 Å². The molecule has 13 nitrogen and oxygen atoms in total. The maximum Gasteiger partial charge on any atom is 0.490 e. The zero-order valence-corrected chi connectivity index (χ0v) is 28.1. The molecule has 0 aliphatic carbocycles. The van der Waals surface area contributed by atoms with Crippen LogP contribution in [0.5, 0.6) is 5.75 Å². The molecule has 0 radical (unpaired) electrons. The van der Waals surface area contributed by atoms with Crippen LogP contribution in [0.2, 0.25) is 0 Å². The lowest BCUT2D eigenvalue weighted by molar-refractivity contribution is -0.192. The summed E-state index contributed by atoms with van der Waals surface area (Å²) in [4.78, 5) is 43.7. The summed E-state index contributed by atoms with van der Waals surface area (Å²) in [6, 6.07) is 11.6. The molecule has 0 fully saturated rings. The van der Waals surface area contributed by atoms with Gasteiger partial charge in [0.05, 0.1) is 43.2 Å². The van der Waals surface area contributed by atoms with Crippen LogP contribution in [-0.2, 0) is 35.6 Å². The van der Waals surface area contributed by atoms with Crippen LogP contribution in [0, 0.1) is 0 Å². The van der Waals surface area contributed by atoms with E-state index in [1.165, 1.54) is 7.11 Å². The zero-order chi connectivity index (χ0) is 37.0. The van der Waals surface area contributed by atoms with Gasteiger partial charge in [0.15, 0.2) is 9.84 Å². The Kier molecular flexibility index (Phi) is 15.0. The number of hydrogen-bond donors (Lipinski definition) is 6. The third kappa shape index (κ3) is 12.3. The number of fused-ring (bicyclic) bond motifs is 1. The molecule has 2 atom stereocenters. The summed E-state index contributed by atoms with van der Waals surface area (Å²) in [6.07, 6.45) is -2.85. The lowest BCUT2D eigenvalue weighted by Crippen LogP contribution is -2.50. The van der Waals surface area contributed by atoms with Crippen LogP contribution in [0.3, 0.4) is 0 Å². The van der Waals surface area contributed by atoms with Crippen molar-refractivity contribution < 1.29 is 60.8 Å². The molecule has 1 amide bonds. The highest BCUT2D eigenvalue weighted by Crippen LogP contribution is 2.40. The first-order valence-corrected chi connectivity index (χ1v) is 17.0. The van der Waals surface area contributed by atoms with E-state index in [9.17, 15) is 36.0 Å². The summed E-state index contributed by atoms with van der Waals surface area (Å²) in [6.45, 7) is 3.72. The maximum absolute atomic E-state index is 14.0. The number of carbonyl (C=O) groups is 4. The normalized spacial score (nSPS) is 18.3. The zero-order valence-electron chi connectivity index (χ0n) is 27.3. The monoisotopic (exact) mass is 717 g/mol. The largest absolute Gasteiger partial charge is 0.496 e. The minimum Gasteiger partial charge on any atom is -0.496 e. The van der Waals surface area contributed by atoms with Crippen LogP contribution in [-0.4, -0.2) is 84.7 Å². The molecule has 0 aromatic heterocycles. The van der Waals surface area contributed by atoms with Crippen molar-refractivity contribution in [3.05, 3.63) is 59.2 Å². The molecule has 272 valence electrons. The summed E-state index contributed by atoms with van der Waals surface area (Å²) >= 11 is 0. The van der Waals surface area contributed by atoms with E-state index in [-0.39, 0.29) is 23.7 Å². The van der Waals surface area contributed by atoms with Crippen molar-refractivity contribution in [2.45, 2.75) is 87.6 Å². The van der Waals surface area contributed by atoms with Gasteiger partial charge in [-0.3, -0.25) is 19.7 Å². The molecular weight excluding hydrogens is 675 g/mol. The number of carboxylic acid groups (broad SMARTS) is 3. The minimum atomic E-state index is -5.08. The number of nitrogens with one attached hydrogen (secondary N) is 3. The van der Waals surface area contributed by atoms with Crippen molar-refractivity contribution in [2.24, 2.45) is 0 Å². The summed E-state index contributed by atoms with van der Waals surface area (Å²) in [5.41, 5.74) is 1.33. The number of methoxy groups -OCH3 is 1. The minimum absolute atomic E-state index is 0.0484. The van der Waals surface area contributed by atoms with Crippen molar-refractivity contribution >= 4 is 33.7 Å². The number of ether oxygens (including phenoxy) is 1. The molecule has 17 heteroatoms. The molecule has 0 spiro atoms. The van der Waals surface area contributed by atoms with Gasteiger partial charge in [-0.2, -0.15) is 13.2 Å². The standard InChI is InChI=1S/C30H41N3O8S.C2HF3O2/c1-4-6-12-30(5-2)19-42(39,40)25-13-21(17-32-26(34)18-31-22(14-27(35)36)15-28(37)38)24(41-3)16-23(25)29(33-30)20-10-8-7-9-11-20;3-2(4,5)1(6)7/h7-11,13,16,22,29,31,33H,4-6,12,14-15,17-19H2,1-3H3,(H,32,34)(H,35,36)(H,37,38);(H,6,7)/t29-,30-;/m1./s1. The molecule has 0 unspecified atom stereocenters. The smallest absolute Gasteiger partial charge is 0.490 e. The summed E-state index contributed by atoms with van der Waals surface area (Å²) in [5.74, 6) is -5.29. The average Bonchev–Trinajstić information content (AvgIpc) is 3.12. The molecule has 2 aromatic rings. The number of unbranched alkanes of at least 4 members (excludes halogenated alkanes) is 1. The predicted octanol–water partition coefficient (Wildman–Crippen LogP) is 3.66. The van der Waals surface area contributed by atoms with Crippen LogP contribution in [0.1, 0.15) is 75.1 Å². The predicted molar refractivity (Wildman–Crippen MR) is 171 cm³/mol. The molecule has 0 bridgehead atoms. The Morgan fingerprint density at radius 1 is 1.04 bits per heavy atom. The summed E-state index contributed by atoms with van der Waals surface area (Å²) < 4.78 is 65.3. The Labute approximate surface area is 282 Å². The number of benzene rings is 2.